The lowest BCUT2D eigenvalue weighted by Gasteiger charge is -2.08. The maximum absolute atomic E-state index is 11.8. The van der Waals surface area contributed by atoms with Crippen LogP contribution < -0.4 is 10.5 Å². The molecule has 0 unspecified atom stereocenters. The molecular weight excluding hydrogens is 328 g/mol. The normalized spacial score (nSPS) is 10.8. The van der Waals surface area contributed by atoms with Gasteiger partial charge in [0.05, 0.1) is 12.2 Å². The fraction of sp³-hybridized carbons (Fsp3) is 0.286. The number of rotatable bonds is 8. The molecule has 0 fully saturated rings. The van der Waals surface area contributed by atoms with Gasteiger partial charge in [-0.1, -0.05) is 19.1 Å². The number of hydrogen-bond donors (Lipinski definition) is 2. The molecule has 26 heavy (non-hydrogen) atoms. The van der Waals surface area contributed by atoms with Gasteiger partial charge in [0.1, 0.15) is 12.4 Å². The van der Waals surface area contributed by atoms with Crippen LogP contribution in [0.1, 0.15) is 34.8 Å². The average molecular weight is 352 g/mol. The highest BCUT2D eigenvalue weighted by atomic mass is 16.5. The predicted molar refractivity (Wildman–Crippen MR) is 102 cm³/mol. The molecule has 3 N–H and O–H groups in total. The number of fused-ring (bicyclic) bond motifs is 1. The minimum atomic E-state index is -0.287. The minimum Gasteiger partial charge on any atom is -0.489 e. The van der Waals surface area contributed by atoms with E-state index < -0.39 is 0 Å². The van der Waals surface area contributed by atoms with Gasteiger partial charge in [-0.25, -0.2) is 4.79 Å². The van der Waals surface area contributed by atoms with Crippen LogP contribution in [0.4, 0.5) is 0 Å². The van der Waals surface area contributed by atoms with E-state index in [0.717, 1.165) is 35.1 Å². The minimum absolute atomic E-state index is 0.287. The molecule has 0 aliphatic carbocycles. The van der Waals surface area contributed by atoms with Gasteiger partial charge in [-0.05, 0) is 60.8 Å². The smallest absolute Gasteiger partial charge is 0.338 e. The summed E-state index contributed by atoms with van der Waals surface area (Å²) in [6, 6.07) is 13.3. The van der Waals surface area contributed by atoms with Crippen LogP contribution in [0.3, 0.4) is 0 Å². The van der Waals surface area contributed by atoms with Gasteiger partial charge in [0.25, 0.3) is 0 Å². The van der Waals surface area contributed by atoms with Gasteiger partial charge in [0.15, 0.2) is 0 Å². The Bertz CT molecular complexity index is 869. The first-order chi connectivity index (χ1) is 12.7. The largest absolute Gasteiger partial charge is 0.489 e. The van der Waals surface area contributed by atoms with Crippen LogP contribution >= 0.6 is 0 Å². The molecule has 0 atom stereocenters. The number of carbonyl (C=O) groups excluding carboxylic acids is 1. The average Bonchev–Trinajstić information content (AvgIpc) is 3.07. The van der Waals surface area contributed by atoms with Crippen LogP contribution in [0, 0.1) is 0 Å². The monoisotopic (exact) mass is 352 g/mol. The maximum atomic E-state index is 11.8. The number of nitrogens with two attached hydrogens (primary N) is 1. The molecule has 0 radical (unpaired) electrons. The van der Waals surface area contributed by atoms with Gasteiger partial charge in [-0.2, -0.15) is 0 Å². The predicted octanol–water partition coefficient (Wildman–Crippen LogP) is 3.81. The van der Waals surface area contributed by atoms with Gasteiger partial charge in [0.2, 0.25) is 0 Å². The zero-order valence-electron chi connectivity index (χ0n) is 15.0. The molecule has 5 nitrogen and oxygen atoms in total. The number of aromatic nitrogens is 1. The standard InChI is InChI=1S/C21H24N2O3/c1-2-11-25-21(24)16-5-3-15(4-6-16)14-26-18-7-8-20-19(12-18)17(9-10-22)13-23-20/h3-8,12-13,23H,2,9-11,14,22H2,1H3. The summed E-state index contributed by atoms with van der Waals surface area (Å²) in [5.41, 5.74) is 9.49. The summed E-state index contributed by atoms with van der Waals surface area (Å²) in [6.45, 7) is 3.46. The van der Waals surface area contributed by atoms with Crippen LogP contribution in [0.2, 0.25) is 0 Å². The molecule has 3 rings (SSSR count). The van der Waals surface area contributed by atoms with Crippen molar-refractivity contribution in [2.24, 2.45) is 5.73 Å². The summed E-state index contributed by atoms with van der Waals surface area (Å²) in [4.78, 5) is 15.1. The van der Waals surface area contributed by atoms with Crippen LogP contribution in [-0.4, -0.2) is 24.1 Å². The van der Waals surface area contributed by atoms with E-state index >= 15 is 0 Å². The molecule has 5 heteroatoms. The third-order valence-electron chi connectivity index (χ3n) is 4.18. The third kappa shape index (κ3) is 4.24. The summed E-state index contributed by atoms with van der Waals surface area (Å²) < 4.78 is 11.0. The molecule has 1 heterocycles. The number of H-pyrrole nitrogens is 1. The number of nitrogens with one attached hydrogen (secondary N) is 1. The first kappa shape index (κ1) is 18.0. The van der Waals surface area contributed by atoms with Gasteiger partial charge in [0, 0.05) is 17.1 Å². The Hall–Kier alpha value is -2.79. The molecule has 136 valence electrons. The summed E-state index contributed by atoms with van der Waals surface area (Å²) >= 11 is 0. The van der Waals surface area contributed by atoms with E-state index in [1.54, 1.807) is 12.1 Å². The van der Waals surface area contributed by atoms with Gasteiger partial charge in [-0.15, -0.1) is 0 Å². The van der Waals surface area contributed by atoms with Crippen LogP contribution in [0.15, 0.2) is 48.7 Å². The summed E-state index contributed by atoms with van der Waals surface area (Å²) in [6.07, 6.45) is 3.65. The van der Waals surface area contributed by atoms with Gasteiger partial charge in [-0.3, -0.25) is 0 Å². The van der Waals surface area contributed by atoms with Crippen LogP contribution in [0.25, 0.3) is 10.9 Å². The first-order valence-electron chi connectivity index (χ1n) is 8.90. The number of carbonyl (C=O) groups is 1. The van der Waals surface area contributed by atoms with Crippen molar-refractivity contribution in [3.63, 3.8) is 0 Å². The van der Waals surface area contributed by atoms with E-state index in [-0.39, 0.29) is 5.97 Å². The van der Waals surface area contributed by atoms with E-state index in [1.165, 1.54) is 5.56 Å². The molecule has 1 aromatic heterocycles. The van der Waals surface area contributed by atoms with Crippen molar-refractivity contribution in [3.8, 4) is 5.75 Å². The SMILES string of the molecule is CCCOC(=O)c1ccc(COc2ccc3[nH]cc(CCN)c3c2)cc1. The van der Waals surface area contributed by atoms with Gasteiger partial charge >= 0.3 is 5.97 Å². The summed E-state index contributed by atoms with van der Waals surface area (Å²) in [5.74, 6) is 0.520. The number of hydrogen-bond acceptors (Lipinski definition) is 4. The third-order valence-corrected chi connectivity index (χ3v) is 4.18. The Balaban J connectivity index is 1.64. The molecule has 0 amide bonds. The van der Waals surface area contributed by atoms with Crippen molar-refractivity contribution in [2.75, 3.05) is 13.2 Å². The number of ether oxygens (including phenoxy) is 2. The Labute approximate surface area is 153 Å². The molecule has 2 aromatic carbocycles. The first-order valence-corrected chi connectivity index (χ1v) is 8.90. The molecule has 0 spiro atoms. The van der Waals surface area contributed by atoms with E-state index in [4.69, 9.17) is 15.2 Å². The van der Waals surface area contributed by atoms with E-state index in [1.807, 2.05) is 43.5 Å². The molecule has 3 aromatic rings. The quantitative estimate of drug-likeness (QED) is 0.604. The second-order valence-electron chi connectivity index (χ2n) is 6.18. The summed E-state index contributed by atoms with van der Waals surface area (Å²) in [5, 5.41) is 1.14. The van der Waals surface area contributed by atoms with Crippen molar-refractivity contribution in [1.82, 2.24) is 4.98 Å². The Kier molecular flexibility index (Phi) is 5.92. The molecular formula is C21H24N2O3. The molecule has 0 aliphatic heterocycles. The molecule has 0 bridgehead atoms. The topological polar surface area (TPSA) is 77.3 Å². The summed E-state index contributed by atoms with van der Waals surface area (Å²) in [7, 11) is 0. The second-order valence-corrected chi connectivity index (χ2v) is 6.18. The number of aromatic amines is 1. The number of benzene rings is 2. The molecule has 0 saturated heterocycles. The van der Waals surface area contributed by atoms with Gasteiger partial charge < -0.3 is 20.2 Å². The zero-order valence-corrected chi connectivity index (χ0v) is 15.0. The highest BCUT2D eigenvalue weighted by Gasteiger charge is 2.07. The van der Waals surface area contributed by atoms with Crippen LogP contribution in [-0.2, 0) is 17.8 Å². The Morgan fingerprint density at radius 1 is 1.15 bits per heavy atom. The highest BCUT2D eigenvalue weighted by molar-refractivity contribution is 5.89. The Morgan fingerprint density at radius 3 is 2.69 bits per heavy atom. The number of esters is 1. The fourth-order valence-electron chi connectivity index (χ4n) is 2.79. The second kappa shape index (κ2) is 8.54. The highest BCUT2D eigenvalue weighted by Crippen LogP contribution is 2.24. The fourth-order valence-corrected chi connectivity index (χ4v) is 2.79. The van der Waals surface area contributed by atoms with Crippen molar-refractivity contribution in [2.45, 2.75) is 26.4 Å². The lowest BCUT2D eigenvalue weighted by atomic mass is 10.1. The lowest BCUT2D eigenvalue weighted by Crippen LogP contribution is -2.06. The van der Waals surface area contributed by atoms with Crippen molar-refractivity contribution >= 4 is 16.9 Å². The van der Waals surface area contributed by atoms with E-state index in [2.05, 4.69) is 4.98 Å². The maximum Gasteiger partial charge on any atom is 0.338 e. The molecule has 0 saturated carbocycles. The van der Waals surface area contributed by atoms with E-state index in [0.29, 0.717) is 25.3 Å². The van der Waals surface area contributed by atoms with E-state index in [9.17, 15) is 4.79 Å². The molecule has 0 aliphatic rings. The lowest BCUT2D eigenvalue weighted by molar-refractivity contribution is 0.0505. The Morgan fingerprint density at radius 2 is 1.96 bits per heavy atom. The zero-order chi connectivity index (χ0) is 18.4. The van der Waals surface area contributed by atoms with Crippen molar-refractivity contribution in [1.29, 1.82) is 0 Å². The van der Waals surface area contributed by atoms with Crippen molar-refractivity contribution < 1.29 is 14.3 Å². The van der Waals surface area contributed by atoms with Crippen LogP contribution in [0.5, 0.6) is 5.75 Å². The van der Waals surface area contributed by atoms with Crippen molar-refractivity contribution in [3.05, 3.63) is 65.4 Å².